The molecule has 0 unspecified atom stereocenters. The number of amides is 1. The molecule has 0 saturated carbocycles. The first-order chi connectivity index (χ1) is 17.0. The monoisotopic (exact) mass is 551 g/mol. The van der Waals surface area contributed by atoms with Crippen molar-refractivity contribution < 1.29 is 23.1 Å². The Kier molecular flexibility index (Phi) is 8.83. The smallest absolute Gasteiger partial charge is 0.326 e. The number of hydrogen-bond acceptors (Lipinski definition) is 8. The van der Waals surface area contributed by atoms with E-state index in [1.165, 1.54) is 18.5 Å². The maximum Gasteiger partial charge on any atom is 0.326 e. The highest BCUT2D eigenvalue weighted by molar-refractivity contribution is 7.91. The Hall–Kier alpha value is -3.28. The normalized spacial score (nSPS) is 12.1. The van der Waals surface area contributed by atoms with Crippen LogP contribution in [0.2, 0.25) is 10.0 Å². The van der Waals surface area contributed by atoms with Crippen LogP contribution in [0.15, 0.2) is 47.9 Å². The molecule has 3 aromatic rings. The Labute approximate surface area is 218 Å². The number of sulfone groups is 1. The van der Waals surface area contributed by atoms with E-state index in [-0.39, 0.29) is 38.8 Å². The Morgan fingerprint density at radius 2 is 1.72 bits per heavy atom. The fourth-order valence-electron chi connectivity index (χ4n) is 3.27. The summed E-state index contributed by atoms with van der Waals surface area (Å²) in [4.78, 5) is 36.3. The summed E-state index contributed by atoms with van der Waals surface area (Å²) in [7, 11) is -3.67. The minimum absolute atomic E-state index is 0.0612. The van der Waals surface area contributed by atoms with Crippen molar-refractivity contribution in [1.82, 2.24) is 15.0 Å². The van der Waals surface area contributed by atoms with Gasteiger partial charge in [0.15, 0.2) is 0 Å². The highest BCUT2D eigenvalue weighted by atomic mass is 35.5. The summed E-state index contributed by atoms with van der Waals surface area (Å²) in [5.74, 6) is -1.68. The maximum atomic E-state index is 12.5. The molecule has 0 aliphatic rings. The molecule has 0 bridgehead atoms. The molecule has 36 heavy (non-hydrogen) atoms. The number of carbonyl (C=O) groups is 2. The average molecular weight is 552 g/mol. The third-order valence-electron chi connectivity index (χ3n) is 4.94. The van der Waals surface area contributed by atoms with E-state index in [1.807, 2.05) is 0 Å². The second kappa shape index (κ2) is 11.6. The number of hydrogen-bond donors (Lipinski definition) is 3. The van der Waals surface area contributed by atoms with E-state index >= 15 is 0 Å². The summed E-state index contributed by atoms with van der Waals surface area (Å²) in [6.07, 6.45) is 3.09. The number of aryl methyl sites for hydroxylation is 1. The third-order valence-corrected chi connectivity index (χ3v) is 7.19. The highest BCUT2D eigenvalue weighted by Gasteiger charge is 2.22. The molecule has 1 amide bonds. The molecule has 0 aliphatic heterocycles. The van der Waals surface area contributed by atoms with Gasteiger partial charge in [-0.3, -0.25) is 9.78 Å². The van der Waals surface area contributed by atoms with E-state index in [0.29, 0.717) is 23.4 Å². The topological polar surface area (TPSA) is 151 Å². The largest absolute Gasteiger partial charge is 0.480 e. The Bertz CT molecular complexity index is 1360. The van der Waals surface area contributed by atoms with Gasteiger partial charge in [0.2, 0.25) is 15.0 Å². The number of aliphatic carboxylic acids is 1. The van der Waals surface area contributed by atoms with Gasteiger partial charge in [0.25, 0.3) is 5.91 Å². The van der Waals surface area contributed by atoms with Crippen molar-refractivity contribution >= 4 is 56.4 Å². The van der Waals surface area contributed by atoms with Gasteiger partial charge >= 0.3 is 5.97 Å². The lowest BCUT2D eigenvalue weighted by Gasteiger charge is -2.16. The van der Waals surface area contributed by atoms with Gasteiger partial charge in [-0.1, -0.05) is 42.3 Å². The van der Waals surface area contributed by atoms with Gasteiger partial charge in [-0.2, -0.15) is 0 Å². The van der Waals surface area contributed by atoms with Gasteiger partial charge in [0, 0.05) is 36.3 Å². The van der Waals surface area contributed by atoms with Crippen LogP contribution in [0, 0.1) is 6.92 Å². The van der Waals surface area contributed by atoms with Crippen molar-refractivity contribution in [3.8, 4) is 0 Å². The van der Waals surface area contributed by atoms with Crippen LogP contribution < -0.4 is 10.6 Å². The third kappa shape index (κ3) is 6.90. The van der Waals surface area contributed by atoms with Crippen molar-refractivity contribution in [1.29, 1.82) is 0 Å². The number of aromatic nitrogens is 3. The summed E-state index contributed by atoms with van der Waals surface area (Å²) in [6, 6.07) is 6.92. The standard InChI is InChI=1S/C23H23Cl2N5O5S/c1-3-8-36(34,35)23-27-13(2)9-19(30-23)29-18(22(32)33)10-14-4-6-15(7-5-14)28-21(31)20-16(24)11-26-12-17(20)25/h4-7,9,11-12,18H,3,8,10H2,1-2H3,(H,28,31)(H,32,33)(H,27,29,30)/t18-/m0/s1. The van der Waals surface area contributed by atoms with E-state index in [1.54, 1.807) is 38.1 Å². The molecule has 10 nitrogen and oxygen atoms in total. The van der Waals surface area contributed by atoms with E-state index in [4.69, 9.17) is 23.2 Å². The van der Waals surface area contributed by atoms with Crippen LogP contribution in [0.25, 0.3) is 0 Å². The second-order valence-corrected chi connectivity index (χ2v) is 10.7. The molecule has 2 aromatic heterocycles. The molecule has 0 fully saturated rings. The molecule has 2 heterocycles. The van der Waals surface area contributed by atoms with Gasteiger partial charge in [0.1, 0.15) is 11.9 Å². The minimum atomic E-state index is -3.67. The molecule has 13 heteroatoms. The number of carboxylic acids is 1. The zero-order chi connectivity index (χ0) is 26.5. The molecule has 3 N–H and O–H groups in total. The fourth-order valence-corrected chi connectivity index (χ4v) is 5.05. The number of halogens is 2. The lowest BCUT2D eigenvalue weighted by atomic mass is 10.1. The van der Waals surface area contributed by atoms with Crippen LogP contribution in [0.4, 0.5) is 11.5 Å². The predicted octanol–water partition coefficient (Wildman–Crippen LogP) is 4.03. The van der Waals surface area contributed by atoms with Crippen LogP contribution in [0.1, 0.15) is 35.0 Å². The molecule has 1 aromatic carbocycles. The van der Waals surface area contributed by atoms with Gasteiger partial charge in [-0.05, 0) is 31.0 Å². The van der Waals surface area contributed by atoms with Crippen LogP contribution in [-0.4, -0.2) is 52.1 Å². The Morgan fingerprint density at radius 1 is 1.08 bits per heavy atom. The van der Waals surface area contributed by atoms with Gasteiger partial charge < -0.3 is 15.7 Å². The second-order valence-electron chi connectivity index (χ2n) is 7.86. The van der Waals surface area contributed by atoms with Crippen molar-refractivity contribution in [2.24, 2.45) is 0 Å². The minimum Gasteiger partial charge on any atom is -0.480 e. The molecule has 190 valence electrons. The number of nitrogens with zero attached hydrogens (tertiary/aromatic N) is 3. The molecule has 0 saturated heterocycles. The van der Waals surface area contributed by atoms with E-state index in [2.05, 4.69) is 25.6 Å². The maximum absolute atomic E-state index is 12.5. The number of pyridine rings is 1. The first-order valence-corrected chi connectivity index (χ1v) is 13.2. The fraction of sp³-hybridized carbons (Fsp3) is 0.261. The SMILES string of the molecule is CCCS(=O)(=O)c1nc(C)cc(N[C@@H](Cc2ccc(NC(=O)c3c(Cl)cncc3Cl)cc2)C(=O)O)n1. The number of anilines is 2. The quantitative estimate of drug-likeness (QED) is 0.317. The summed E-state index contributed by atoms with van der Waals surface area (Å²) < 4.78 is 24.7. The van der Waals surface area contributed by atoms with E-state index in [0.717, 1.165) is 0 Å². The van der Waals surface area contributed by atoms with Crippen molar-refractivity contribution in [2.45, 2.75) is 37.9 Å². The molecule has 3 rings (SSSR count). The van der Waals surface area contributed by atoms with Crippen LogP contribution >= 0.6 is 23.2 Å². The summed E-state index contributed by atoms with van der Waals surface area (Å²) >= 11 is 12.0. The highest BCUT2D eigenvalue weighted by Crippen LogP contribution is 2.24. The Balaban J connectivity index is 1.74. The Morgan fingerprint density at radius 3 is 2.31 bits per heavy atom. The van der Waals surface area contributed by atoms with E-state index in [9.17, 15) is 23.1 Å². The molecular weight excluding hydrogens is 529 g/mol. The lowest BCUT2D eigenvalue weighted by Crippen LogP contribution is -2.32. The lowest BCUT2D eigenvalue weighted by molar-refractivity contribution is -0.137. The van der Waals surface area contributed by atoms with Crippen molar-refractivity contribution in [3.63, 3.8) is 0 Å². The number of rotatable bonds is 10. The zero-order valence-corrected chi connectivity index (χ0v) is 21.7. The van der Waals surface area contributed by atoms with Gasteiger partial charge in [-0.15, -0.1) is 0 Å². The average Bonchev–Trinajstić information content (AvgIpc) is 2.79. The summed E-state index contributed by atoms with van der Waals surface area (Å²) in [6.45, 7) is 3.33. The van der Waals surface area contributed by atoms with Gasteiger partial charge in [-0.25, -0.2) is 23.2 Å². The van der Waals surface area contributed by atoms with Crippen LogP contribution in [0.3, 0.4) is 0 Å². The molecular formula is C23H23Cl2N5O5S. The number of benzene rings is 1. The summed E-state index contributed by atoms with van der Waals surface area (Å²) in [5, 5.41) is 15.1. The van der Waals surface area contributed by atoms with Crippen LogP contribution in [-0.2, 0) is 21.1 Å². The first kappa shape index (κ1) is 27.3. The number of nitrogens with one attached hydrogen (secondary N) is 2. The predicted molar refractivity (Wildman–Crippen MR) is 137 cm³/mol. The van der Waals surface area contributed by atoms with Crippen LogP contribution in [0.5, 0.6) is 0 Å². The zero-order valence-electron chi connectivity index (χ0n) is 19.3. The number of carbonyl (C=O) groups excluding carboxylic acids is 1. The molecule has 0 spiro atoms. The first-order valence-electron chi connectivity index (χ1n) is 10.8. The molecule has 1 atom stereocenters. The number of carboxylic acid groups (broad SMARTS) is 1. The van der Waals surface area contributed by atoms with Crippen molar-refractivity contribution in [3.05, 3.63) is 69.6 Å². The molecule has 0 radical (unpaired) electrons. The van der Waals surface area contributed by atoms with Gasteiger partial charge in [0.05, 0.1) is 21.4 Å². The van der Waals surface area contributed by atoms with E-state index < -0.39 is 27.8 Å². The summed E-state index contributed by atoms with van der Waals surface area (Å²) in [5.41, 5.74) is 1.58. The van der Waals surface area contributed by atoms with Crippen molar-refractivity contribution in [2.75, 3.05) is 16.4 Å². The molecule has 0 aliphatic carbocycles.